The summed E-state index contributed by atoms with van der Waals surface area (Å²) in [5, 5.41) is 6.05. The maximum Gasteiger partial charge on any atom is 0.255 e. The standard InChI is InChI=1S/C21H16F2N4O/c22-13-2-1-3-14(23)18(13)20-26-16(19-17(27-20)10-25-21(19)28)9-11-4-5-12-6-7-24-15(12)8-11/h1-5,8,24H,6-7,9-10H2,(H,25,28). The highest BCUT2D eigenvalue weighted by molar-refractivity contribution is 5.99. The van der Waals surface area contributed by atoms with Gasteiger partial charge in [0.2, 0.25) is 0 Å². The topological polar surface area (TPSA) is 66.9 Å². The van der Waals surface area contributed by atoms with Crippen molar-refractivity contribution in [2.24, 2.45) is 0 Å². The molecule has 2 aromatic carbocycles. The van der Waals surface area contributed by atoms with Crippen LogP contribution in [0.5, 0.6) is 0 Å². The fraction of sp³-hybridized carbons (Fsp3) is 0.190. The van der Waals surface area contributed by atoms with Gasteiger partial charge in [0.05, 0.1) is 29.1 Å². The molecule has 7 heteroatoms. The molecule has 2 N–H and O–H groups in total. The van der Waals surface area contributed by atoms with Crippen molar-refractivity contribution in [1.82, 2.24) is 15.3 Å². The molecule has 0 unspecified atom stereocenters. The van der Waals surface area contributed by atoms with Crippen LogP contribution in [0.15, 0.2) is 36.4 Å². The summed E-state index contributed by atoms with van der Waals surface area (Å²) >= 11 is 0. The number of nitrogens with one attached hydrogen (secondary N) is 2. The Morgan fingerprint density at radius 3 is 2.64 bits per heavy atom. The first-order valence-electron chi connectivity index (χ1n) is 9.08. The number of rotatable bonds is 3. The van der Waals surface area contributed by atoms with Gasteiger partial charge in [0.15, 0.2) is 5.82 Å². The van der Waals surface area contributed by atoms with Crippen LogP contribution in [0.3, 0.4) is 0 Å². The van der Waals surface area contributed by atoms with Crippen LogP contribution in [0.1, 0.15) is 32.9 Å². The lowest BCUT2D eigenvalue weighted by molar-refractivity contribution is 0.0964. The molecule has 0 aliphatic carbocycles. The van der Waals surface area contributed by atoms with Gasteiger partial charge in [-0.2, -0.15) is 0 Å². The first-order valence-corrected chi connectivity index (χ1v) is 9.08. The van der Waals surface area contributed by atoms with Gasteiger partial charge in [-0.3, -0.25) is 4.79 Å². The van der Waals surface area contributed by atoms with E-state index in [1.54, 1.807) is 0 Å². The summed E-state index contributed by atoms with van der Waals surface area (Å²) < 4.78 is 28.5. The largest absolute Gasteiger partial charge is 0.384 e. The zero-order valence-electron chi connectivity index (χ0n) is 14.9. The van der Waals surface area contributed by atoms with Crippen LogP contribution in [0, 0.1) is 11.6 Å². The summed E-state index contributed by atoms with van der Waals surface area (Å²) in [5.74, 6) is -1.76. The summed E-state index contributed by atoms with van der Waals surface area (Å²) in [7, 11) is 0. The van der Waals surface area contributed by atoms with Crippen molar-refractivity contribution >= 4 is 11.6 Å². The van der Waals surface area contributed by atoms with Crippen molar-refractivity contribution in [1.29, 1.82) is 0 Å². The highest BCUT2D eigenvalue weighted by atomic mass is 19.1. The summed E-state index contributed by atoms with van der Waals surface area (Å²) in [5.41, 5.74) is 4.35. The number of fused-ring (bicyclic) bond motifs is 2. The summed E-state index contributed by atoms with van der Waals surface area (Å²) in [6, 6.07) is 9.73. The fourth-order valence-corrected chi connectivity index (χ4v) is 3.79. The van der Waals surface area contributed by atoms with Crippen LogP contribution in [-0.2, 0) is 19.4 Å². The van der Waals surface area contributed by atoms with Crippen molar-refractivity contribution in [2.75, 3.05) is 11.9 Å². The van der Waals surface area contributed by atoms with Crippen LogP contribution < -0.4 is 10.6 Å². The smallest absolute Gasteiger partial charge is 0.255 e. The Kier molecular flexibility index (Phi) is 3.82. The molecule has 28 heavy (non-hydrogen) atoms. The molecule has 3 heterocycles. The molecular weight excluding hydrogens is 362 g/mol. The van der Waals surface area contributed by atoms with Crippen LogP contribution in [-0.4, -0.2) is 22.4 Å². The van der Waals surface area contributed by atoms with Crippen LogP contribution in [0.2, 0.25) is 0 Å². The molecule has 0 saturated heterocycles. The summed E-state index contributed by atoms with van der Waals surface area (Å²) in [6.07, 6.45) is 1.36. The third-order valence-electron chi connectivity index (χ3n) is 5.14. The van der Waals surface area contributed by atoms with Crippen LogP contribution in [0.25, 0.3) is 11.4 Å². The zero-order valence-corrected chi connectivity index (χ0v) is 14.9. The van der Waals surface area contributed by atoms with Gasteiger partial charge in [-0.15, -0.1) is 0 Å². The number of carbonyl (C=O) groups excluding carboxylic acids is 1. The average Bonchev–Trinajstić information content (AvgIpc) is 3.28. The predicted octanol–water partition coefficient (Wildman–Crippen LogP) is 3.22. The molecule has 140 valence electrons. The maximum atomic E-state index is 14.3. The number of hydrogen-bond acceptors (Lipinski definition) is 4. The SMILES string of the molecule is O=C1NCc2nc(-c3c(F)cccc3F)nc(Cc3ccc4c(c3)NCC4)c21. The van der Waals surface area contributed by atoms with Crippen molar-refractivity contribution < 1.29 is 13.6 Å². The first kappa shape index (κ1) is 16.8. The Bertz CT molecular complexity index is 1110. The fourth-order valence-electron chi connectivity index (χ4n) is 3.79. The van der Waals surface area contributed by atoms with E-state index in [1.807, 2.05) is 12.1 Å². The number of carbonyl (C=O) groups is 1. The normalized spacial score (nSPS) is 14.4. The van der Waals surface area contributed by atoms with Gasteiger partial charge in [0.25, 0.3) is 5.91 Å². The number of nitrogens with zero attached hydrogens (tertiary/aromatic N) is 2. The van der Waals surface area contributed by atoms with E-state index < -0.39 is 11.6 Å². The Morgan fingerprint density at radius 2 is 1.82 bits per heavy atom. The Balaban J connectivity index is 1.63. The molecule has 1 aromatic heterocycles. The lowest BCUT2D eigenvalue weighted by Gasteiger charge is -2.11. The highest BCUT2D eigenvalue weighted by Crippen LogP contribution is 2.29. The predicted molar refractivity (Wildman–Crippen MR) is 100.0 cm³/mol. The number of benzene rings is 2. The monoisotopic (exact) mass is 378 g/mol. The van der Waals surface area contributed by atoms with Gasteiger partial charge in [0.1, 0.15) is 11.6 Å². The van der Waals surface area contributed by atoms with Gasteiger partial charge in [-0.25, -0.2) is 18.7 Å². The van der Waals surface area contributed by atoms with E-state index in [0.717, 1.165) is 24.2 Å². The summed E-state index contributed by atoms with van der Waals surface area (Å²) in [6.45, 7) is 1.12. The maximum absolute atomic E-state index is 14.3. The van der Waals surface area contributed by atoms with E-state index in [9.17, 15) is 13.6 Å². The number of anilines is 1. The zero-order chi connectivity index (χ0) is 19.3. The molecule has 0 atom stereocenters. The molecule has 2 aliphatic heterocycles. The number of halogens is 2. The van der Waals surface area contributed by atoms with Gasteiger partial charge >= 0.3 is 0 Å². The van der Waals surface area contributed by atoms with E-state index in [0.29, 0.717) is 23.4 Å². The van der Waals surface area contributed by atoms with Crippen LogP contribution >= 0.6 is 0 Å². The van der Waals surface area contributed by atoms with Gasteiger partial charge in [-0.05, 0) is 35.7 Å². The van der Waals surface area contributed by atoms with Gasteiger partial charge in [0, 0.05) is 18.7 Å². The molecule has 0 saturated carbocycles. The van der Waals surface area contributed by atoms with Crippen molar-refractivity contribution in [3.63, 3.8) is 0 Å². The molecule has 0 spiro atoms. The Morgan fingerprint density at radius 1 is 1.00 bits per heavy atom. The average molecular weight is 378 g/mol. The molecule has 0 bridgehead atoms. The second kappa shape index (κ2) is 6.37. The molecule has 2 aliphatic rings. The van der Waals surface area contributed by atoms with Gasteiger partial charge < -0.3 is 10.6 Å². The van der Waals surface area contributed by atoms with E-state index >= 15 is 0 Å². The molecule has 1 amide bonds. The molecule has 5 nitrogen and oxygen atoms in total. The van der Waals surface area contributed by atoms with Crippen molar-refractivity contribution in [3.05, 3.63) is 76.1 Å². The number of hydrogen-bond donors (Lipinski definition) is 2. The lowest BCUT2D eigenvalue weighted by atomic mass is 10.0. The second-order valence-corrected chi connectivity index (χ2v) is 6.94. The van der Waals surface area contributed by atoms with Gasteiger partial charge in [-0.1, -0.05) is 18.2 Å². The minimum Gasteiger partial charge on any atom is -0.384 e. The molecule has 0 radical (unpaired) electrons. The minimum absolute atomic E-state index is 0.0415. The summed E-state index contributed by atoms with van der Waals surface area (Å²) in [4.78, 5) is 21.0. The number of amides is 1. The number of aromatic nitrogens is 2. The molecular formula is C21H16F2N4O. The van der Waals surface area contributed by atoms with E-state index in [-0.39, 0.29) is 23.8 Å². The molecule has 0 fully saturated rings. The Labute approximate surface area is 159 Å². The quantitative estimate of drug-likeness (QED) is 0.734. The highest BCUT2D eigenvalue weighted by Gasteiger charge is 2.28. The van der Waals surface area contributed by atoms with Crippen LogP contribution in [0.4, 0.5) is 14.5 Å². The van der Waals surface area contributed by atoms with E-state index in [4.69, 9.17) is 0 Å². The van der Waals surface area contributed by atoms with E-state index in [2.05, 4.69) is 26.7 Å². The van der Waals surface area contributed by atoms with E-state index in [1.165, 1.54) is 23.8 Å². The second-order valence-electron chi connectivity index (χ2n) is 6.94. The van der Waals surface area contributed by atoms with Crippen molar-refractivity contribution in [3.8, 4) is 11.4 Å². The third-order valence-corrected chi connectivity index (χ3v) is 5.14. The lowest BCUT2D eigenvalue weighted by Crippen LogP contribution is -2.14. The molecule has 3 aromatic rings. The molecule has 5 rings (SSSR count). The first-order chi connectivity index (χ1) is 13.6. The Hall–Kier alpha value is -3.35. The minimum atomic E-state index is -0.732. The third kappa shape index (κ3) is 2.70. The van der Waals surface area contributed by atoms with Crippen molar-refractivity contribution in [2.45, 2.75) is 19.4 Å².